The Morgan fingerprint density at radius 3 is 2.05 bits per heavy atom. The maximum atomic E-state index is 11.1. The molecule has 0 saturated heterocycles. The molecule has 5 heteroatoms. The molecule has 2 aromatic carbocycles. The summed E-state index contributed by atoms with van der Waals surface area (Å²) in [5.74, 6) is 0. The molecule has 4 nitrogen and oxygen atoms in total. The van der Waals surface area contributed by atoms with Gasteiger partial charge < -0.3 is 5.32 Å². The molecule has 2 N–H and O–H groups in total. The first-order valence-electron chi connectivity index (χ1n) is 7.18. The van der Waals surface area contributed by atoms with Crippen molar-refractivity contribution in [3.05, 3.63) is 64.7 Å². The Kier molecular flexibility index (Phi) is 5.21. The fourth-order valence-electron chi connectivity index (χ4n) is 2.27. The standard InChI is InChI=1S/C17H22N2O2S/c1-13-5-4-6-14(2)17(13)12-18-16-9-7-15(8-10-16)11-19-22(3,20)21/h4-10,18-19H,11-12H2,1-3H3. The monoisotopic (exact) mass is 318 g/mol. The van der Waals surface area contributed by atoms with Gasteiger partial charge in [-0.1, -0.05) is 30.3 Å². The van der Waals surface area contributed by atoms with Gasteiger partial charge in [0.15, 0.2) is 0 Å². The maximum Gasteiger partial charge on any atom is 0.209 e. The van der Waals surface area contributed by atoms with E-state index in [0.717, 1.165) is 24.1 Å². The summed E-state index contributed by atoms with van der Waals surface area (Å²) in [4.78, 5) is 0. The molecule has 2 aromatic rings. The van der Waals surface area contributed by atoms with Gasteiger partial charge in [-0.05, 0) is 48.2 Å². The van der Waals surface area contributed by atoms with E-state index in [2.05, 4.69) is 42.1 Å². The van der Waals surface area contributed by atoms with Gasteiger partial charge in [-0.15, -0.1) is 0 Å². The Balaban J connectivity index is 1.97. The van der Waals surface area contributed by atoms with Gasteiger partial charge >= 0.3 is 0 Å². The lowest BCUT2D eigenvalue weighted by atomic mass is 10.0. The van der Waals surface area contributed by atoms with Crippen molar-refractivity contribution >= 4 is 15.7 Å². The minimum absolute atomic E-state index is 0.315. The van der Waals surface area contributed by atoms with Gasteiger partial charge in [0.25, 0.3) is 0 Å². The highest BCUT2D eigenvalue weighted by atomic mass is 32.2. The van der Waals surface area contributed by atoms with Gasteiger partial charge in [0.2, 0.25) is 10.0 Å². The largest absolute Gasteiger partial charge is 0.381 e. The number of anilines is 1. The minimum atomic E-state index is -3.15. The average Bonchev–Trinajstić information content (AvgIpc) is 2.45. The van der Waals surface area contributed by atoms with E-state index in [9.17, 15) is 8.42 Å². The van der Waals surface area contributed by atoms with Gasteiger partial charge in [-0.25, -0.2) is 13.1 Å². The molecule has 0 aliphatic carbocycles. The summed E-state index contributed by atoms with van der Waals surface area (Å²) >= 11 is 0. The number of sulfonamides is 1. The average molecular weight is 318 g/mol. The van der Waals surface area contributed by atoms with Crippen molar-refractivity contribution in [3.8, 4) is 0 Å². The quantitative estimate of drug-likeness (QED) is 0.861. The van der Waals surface area contributed by atoms with E-state index in [1.165, 1.54) is 16.7 Å². The molecule has 0 unspecified atom stereocenters. The molecule has 0 spiro atoms. The molecule has 0 aliphatic rings. The molecule has 0 radical (unpaired) electrons. The Morgan fingerprint density at radius 2 is 1.50 bits per heavy atom. The summed E-state index contributed by atoms with van der Waals surface area (Å²) < 4.78 is 24.6. The Hall–Kier alpha value is -1.85. The van der Waals surface area contributed by atoms with Crippen LogP contribution in [0, 0.1) is 13.8 Å². The van der Waals surface area contributed by atoms with E-state index in [1.807, 2.05) is 24.3 Å². The second kappa shape index (κ2) is 6.94. The number of nitrogens with one attached hydrogen (secondary N) is 2. The molecule has 118 valence electrons. The predicted octanol–water partition coefficient (Wildman–Crippen LogP) is 2.96. The van der Waals surface area contributed by atoms with Crippen LogP contribution in [0.1, 0.15) is 22.3 Å². The molecular weight excluding hydrogens is 296 g/mol. The van der Waals surface area contributed by atoms with Gasteiger partial charge in [-0.2, -0.15) is 0 Å². The van der Waals surface area contributed by atoms with Crippen molar-refractivity contribution in [2.75, 3.05) is 11.6 Å². The van der Waals surface area contributed by atoms with Crippen LogP contribution < -0.4 is 10.0 Å². The van der Waals surface area contributed by atoms with E-state index >= 15 is 0 Å². The van der Waals surface area contributed by atoms with Crippen LogP contribution in [-0.2, 0) is 23.1 Å². The third kappa shape index (κ3) is 4.86. The van der Waals surface area contributed by atoms with Crippen LogP contribution in [-0.4, -0.2) is 14.7 Å². The molecule has 0 saturated carbocycles. The molecule has 0 amide bonds. The Labute approximate surface area is 132 Å². The molecule has 22 heavy (non-hydrogen) atoms. The van der Waals surface area contributed by atoms with Crippen molar-refractivity contribution in [3.63, 3.8) is 0 Å². The summed E-state index contributed by atoms with van der Waals surface area (Å²) in [5, 5.41) is 3.40. The maximum absolute atomic E-state index is 11.1. The first kappa shape index (κ1) is 16.5. The molecule has 0 fully saturated rings. The Morgan fingerprint density at radius 1 is 0.909 bits per heavy atom. The van der Waals surface area contributed by atoms with Crippen LogP contribution in [0.4, 0.5) is 5.69 Å². The summed E-state index contributed by atoms with van der Waals surface area (Å²) in [6.45, 7) is 5.32. The smallest absolute Gasteiger partial charge is 0.209 e. The van der Waals surface area contributed by atoms with Crippen LogP contribution in [0.15, 0.2) is 42.5 Å². The van der Waals surface area contributed by atoms with Crippen LogP contribution in [0.25, 0.3) is 0 Å². The molecule has 0 aromatic heterocycles. The summed E-state index contributed by atoms with van der Waals surface area (Å²) in [6.07, 6.45) is 1.16. The van der Waals surface area contributed by atoms with E-state index < -0.39 is 10.0 Å². The van der Waals surface area contributed by atoms with E-state index in [-0.39, 0.29) is 0 Å². The van der Waals surface area contributed by atoms with Crippen molar-refractivity contribution in [2.24, 2.45) is 0 Å². The zero-order chi connectivity index (χ0) is 16.2. The number of benzene rings is 2. The summed E-state index contributed by atoms with van der Waals surface area (Å²) in [6, 6.07) is 14.1. The Bertz CT molecular complexity index is 718. The lowest BCUT2D eigenvalue weighted by molar-refractivity contribution is 0.587. The van der Waals surface area contributed by atoms with E-state index in [0.29, 0.717) is 6.54 Å². The van der Waals surface area contributed by atoms with Crippen molar-refractivity contribution in [2.45, 2.75) is 26.9 Å². The molecule has 0 atom stereocenters. The molecule has 2 rings (SSSR count). The summed E-state index contributed by atoms with van der Waals surface area (Å²) in [7, 11) is -3.15. The normalized spacial score (nSPS) is 11.4. The van der Waals surface area contributed by atoms with Gasteiger partial charge in [0.1, 0.15) is 0 Å². The third-order valence-electron chi connectivity index (χ3n) is 3.61. The molecule has 0 bridgehead atoms. The SMILES string of the molecule is Cc1cccc(C)c1CNc1ccc(CNS(C)(=O)=O)cc1. The molecular formula is C17H22N2O2S. The van der Waals surface area contributed by atoms with Crippen molar-refractivity contribution < 1.29 is 8.42 Å². The summed E-state index contributed by atoms with van der Waals surface area (Å²) in [5.41, 5.74) is 5.82. The second-order valence-electron chi connectivity index (χ2n) is 5.51. The third-order valence-corrected chi connectivity index (χ3v) is 4.27. The van der Waals surface area contributed by atoms with E-state index in [1.54, 1.807) is 0 Å². The topological polar surface area (TPSA) is 58.2 Å². The highest BCUT2D eigenvalue weighted by Crippen LogP contribution is 2.16. The van der Waals surface area contributed by atoms with Gasteiger partial charge in [0.05, 0.1) is 6.26 Å². The van der Waals surface area contributed by atoms with Crippen molar-refractivity contribution in [1.29, 1.82) is 0 Å². The van der Waals surface area contributed by atoms with Gasteiger partial charge in [-0.3, -0.25) is 0 Å². The fourth-order valence-corrected chi connectivity index (χ4v) is 2.70. The molecule has 0 heterocycles. The zero-order valence-corrected chi connectivity index (χ0v) is 14.0. The fraction of sp³-hybridized carbons (Fsp3) is 0.294. The highest BCUT2D eigenvalue weighted by molar-refractivity contribution is 7.88. The first-order valence-corrected chi connectivity index (χ1v) is 9.07. The number of rotatable bonds is 6. The van der Waals surface area contributed by atoms with E-state index in [4.69, 9.17) is 0 Å². The highest BCUT2D eigenvalue weighted by Gasteiger charge is 2.03. The van der Waals surface area contributed by atoms with Gasteiger partial charge in [0, 0.05) is 18.8 Å². The number of hydrogen-bond donors (Lipinski definition) is 2. The second-order valence-corrected chi connectivity index (χ2v) is 7.35. The lowest BCUT2D eigenvalue weighted by Crippen LogP contribution is -2.21. The van der Waals surface area contributed by atoms with Crippen molar-refractivity contribution in [1.82, 2.24) is 4.72 Å². The first-order chi connectivity index (χ1) is 10.3. The lowest BCUT2D eigenvalue weighted by Gasteiger charge is -2.12. The predicted molar refractivity (Wildman–Crippen MR) is 91.4 cm³/mol. The van der Waals surface area contributed by atoms with Crippen LogP contribution in [0.3, 0.4) is 0 Å². The van der Waals surface area contributed by atoms with Crippen LogP contribution in [0.5, 0.6) is 0 Å². The van der Waals surface area contributed by atoms with Crippen LogP contribution in [0.2, 0.25) is 0 Å². The zero-order valence-electron chi connectivity index (χ0n) is 13.2. The van der Waals surface area contributed by atoms with Crippen LogP contribution >= 0.6 is 0 Å². The number of hydrogen-bond acceptors (Lipinski definition) is 3. The minimum Gasteiger partial charge on any atom is -0.381 e. The molecule has 0 aliphatic heterocycles. The number of aryl methyl sites for hydroxylation is 2.